The molecule has 0 unspecified atom stereocenters. The average Bonchev–Trinajstić information content (AvgIpc) is 0.693. The molecule has 0 N–H and O–H groups in total. The quantitative estimate of drug-likeness (QED) is 0.0612. The van der Waals surface area contributed by atoms with Crippen molar-refractivity contribution in [2.45, 2.75) is 172 Å². The summed E-state index contributed by atoms with van der Waals surface area (Å²) in [5.74, 6) is 0.198. The summed E-state index contributed by atoms with van der Waals surface area (Å²) in [6.07, 6.45) is 1.93. The van der Waals surface area contributed by atoms with Crippen LogP contribution in [-0.2, 0) is 10.8 Å². The molecule has 0 spiro atoms. The van der Waals surface area contributed by atoms with E-state index in [0.717, 1.165) is 35.1 Å². The van der Waals surface area contributed by atoms with Gasteiger partial charge in [0.25, 0.3) is 23.6 Å². The second kappa shape index (κ2) is 20.5. The monoisotopic (exact) mass is 1120 g/mol. The zero-order chi connectivity index (χ0) is 60.6. The Morgan fingerprint density at radius 2 is 0.655 bits per heavy atom. The lowest BCUT2D eigenvalue weighted by Gasteiger charge is -2.34. The van der Waals surface area contributed by atoms with Crippen molar-refractivity contribution in [3.63, 3.8) is 0 Å². The Bertz CT molecular complexity index is 3860. The summed E-state index contributed by atoms with van der Waals surface area (Å²) < 4.78 is 14.4. The molecule has 2 aliphatic rings. The van der Waals surface area contributed by atoms with Crippen LogP contribution in [0.25, 0.3) is 43.1 Å². The van der Waals surface area contributed by atoms with E-state index in [0.29, 0.717) is 99.7 Å². The van der Waals surface area contributed by atoms with Gasteiger partial charge in [0.15, 0.2) is 0 Å². The molecule has 84 heavy (non-hydrogen) atoms. The van der Waals surface area contributed by atoms with Crippen molar-refractivity contribution in [1.82, 2.24) is 0 Å². The van der Waals surface area contributed by atoms with Gasteiger partial charge in [-0.05, 0) is 151 Å². The standard InChI is InChI=1S/C76H82N2O6/c1-41(2)49-21-19-22-50(42(3)4)67(49)77-69(79)55-35-33-53-64-60(84-48-31-27-46(28-32-48)76(17,18)40-74(12,13)14)38-58-62-56(70(80)78(72(58)82)68-51(43(5)6)23-20-24-52(68)44(7)8)36-34-54(66(62)64)63-59(37-57(71(77)81)61(55)65(53)63)83-47-29-25-45(26-30-47)75(15,16)39-73(9,10)11/h19-38,41-44H,39-40H2,1-18H3. The molecule has 4 amide bonds. The van der Waals surface area contributed by atoms with Gasteiger partial charge in [-0.25, -0.2) is 9.80 Å². The van der Waals surface area contributed by atoms with Gasteiger partial charge in [-0.1, -0.05) is 197 Å². The number of benzene rings is 9. The zero-order valence-electron chi connectivity index (χ0n) is 52.6. The molecule has 11 rings (SSSR count). The van der Waals surface area contributed by atoms with Crippen molar-refractivity contribution >= 4 is 78.1 Å². The zero-order valence-corrected chi connectivity index (χ0v) is 52.6. The van der Waals surface area contributed by atoms with Crippen molar-refractivity contribution in [2.24, 2.45) is 10.8 Å². The number of anilines is 2. The lowest BCUT2D eigenvalue weighted by Crippen LogP contribution is -2.42. The van der Waals surface area contributed by atoms with Crippen molar-refractivity contribution in [1.29, 1.82) is 0 Å². The number of para-hydroxylation sites is 2. The van der Waals surface area contributed by atoms with Crippen LogP contribution in [0, 0.1) is 10.8 Å². The maximum Gasteiger partial charge on any atom is 0.266 e. The molecule has 8 heteroatoms. The van der Waals surface area contributed by atoms with E-state index in [2.05, 4.69) is 149 Å². The normalized spacial score (nSPS) is 14.4. The molecule has 0 aromatic heterocycles. The summed E-state index contributed by atoms with van der Waals surface area (Å²) >= 11 is 0. The van der Waals surface area contributed by atoms with Crippen LogP contribution < -0.4 is 19.3 Å². The van der Waals surface area contributed by atoms with Gasteiger partial charge in [-0.3, -0.25) is 19.2 Å². The van der Waals surface area contributed by atoms with Crippen LogP contribution in [-0.4, -0.2) is 23.6 Å². The summed E-state index contributed by atoms with van der Waals surface area (Å²) in [7, 11) is 0. The lowest BCUT2D eigenvalue weighted by atomic mass is 9.72. The highest BCUT2D eigenvalue weighted by Gasteiger charge is 2.43. The predicted molar refractivity (Wildman–Crippen MR) is 346 cm³/mol. The fourth-order valence-corrected chi connectivity index (χ4v) is 14.6. The first-order valence-electron chi connectivity index (χ1n) is 30.3. The third-order valence-electron chi connectivity index (χ3n) is 17.6. The lowest BCUT2D eigenvalue weighted by molar-refractivity contribution is 0.0877. The highest BCUT2D eigenvalue weighted by atomic mass is 16.5. The van der Waals surface area contributed by atoms with E-state index in [9.17, 15) is 0 Å². The van der Waals surface area contributed by atoms with Crippen molar-refractivity contribution in [3.8, 4) is 23.0 Å². The first-order valence-corrected chi connectivity index (χ1v) is 30.3. The molecule has 0 radical (unpaired) electrons. The molecule has 9 aromatic rings. The van der Waals surface area contributed by atoms with E-state index in [1.165, 1.54) is 20.9 Å². The summed E-state index contributed by atoms with van der Waals surface area (Å²) in [4.78, 5) is 65.9. The fourth-order valence-electron chi connectivity index (χ4n) is 14.6. The van der Waals surface area contributed by atoms with E-state index < -0.39 is 23.6 Å². The largest absolute Gasteiger partial charge is 0.457 e. The molecular formula is C76H82N2O6. The summed E-state index contributed by atoms with van der Waals surface area (Å²) in [5, 5.41) is 4.95. The van der Waals surface area contributed by atoms with E-state index >= 15 is 19.2 Å². The number of carbonyl (C=O) groups is 4. The Morgan fingerprint density at radius 1 is 0.357 bits per heavy atom. The van der Waals surface area contributed by atoms with Gasteiger partial charge < -0.3 is 9.47 Å². The number of hydrogen-bond acceptors (Lipinski definition) is 6. The molecule has 0 atom stereocenters. The van der Waals surface area contributed by atoms with E-state index in [4.69, 9.17) is 9.47 Å². The first kappa shape index (κ1) is 58.0. The minimum absolute atomic E-state index is 0.00238. The Balaban J connectivity index is 1.23. The number of hydrogen-bond donors (Lipinski definition) is 0. The minimum atomic E-state index is -0.448. The molecule has 0 saturated heterocycles. The van der Waals surface area contributed by atoms with Crippen molar-refractivity contribution in [3.05, 3.63) is 177 Å². The SMILES string of the molecule is CC(C)c1cccc(C(C)C)c1N1C(=O)c2ccc3c4c(Oc5ccc(C(C)(C)CC(C)(C)C)cc5)cc5c6c(ccc(c7c(Oc8ccc(C(C)(C)CC(C)(C)C)cc8)cc(c2c37)C1=O)c64)C(=O)N(c1c(C(C)C)cccc1C(C)C)C5=O. The molecule has 0 bridgehead atoms. The van der Waals surface area contributed by atoms with E-state index in [1.807, 2.05) is 97.1 Å². The molecule has 2 aliphatic heterocycles. The summed E-state index contributed by atoms with van der Waals surface area (Å²) in [5.41, 5.74) is 8.51. The molecule has 8 nitrogen and oxygen atoms in total. The Hall–Kier alpha value is -7.84. The second-order valence-corrected chi connectivity index (χ2v) is 29.0. The van der Waals surface area contributed by atoms with Gasteiger partial charge in [0.2, 0.25) is 0 Å². The predicted octanol–water partition coefficient (Wildman–Crippen LogP) is 20.8. The fraction of sp³-hybridized carbons (Fsp3) is 0.368. The van der Waals surface area contributed by atoms with Crippen LogP contribution >= 0.6 is 0 Å². The average molecular weight is 1120 g/mol. The molecule has 2 heterocycles. The molecule has 9 aromatic carbocycles. The Kier molecular flexibility index (Phi) is 14.1. The highest BCUT2D eigenvalue weighted by molar-refractivity contribution is 6.47. The molecule has 432 valence electrons. The number of carbonyl (C=O) groups excluding carboxylic acids is 4. The van der Waals surface area contributed by atoms with Gasteiger partial charge in [0, 0.05) is 43.4 Å². The third kappa shape index (κ3) is 9.71. The number of nitrogens with zero attached hydrogens (tertiary/aromatic N) is 2. The van der Waals surface area contributed by atoms with Crippen LogP contribution in [0.2, 0.25) is 0 Å². The Morgan fingerprint density at radius 3 is 0.940 bits per heavy atom. The number of fused-ring (bicyclic) bond motifs is 2. The van der Waals surface area contributed by atoms with Gasteiger partial charge in [-0.15, -0.1) is 0 Å². The van der Waals surface area contributed by atoms with E-state index in [-0.39, 0.29) is 45.3 Å². The number of rotatable bonds is 14. The van der Waals surface area contributed by atoms with Crippen LogP contribution in [0.4, 0.5) is 11.4 Å². The maximum absolute atomic E-state index is 15.9. The minimum Gasteiger partial charge on any atom is -0.457 e. The van der Waals surface area contributed by atoms with Crippen molar-refractivity contribution < 1.29 is 28.7 Å². The molecule has 0 saturated carbocycles. The second-order valence-electron chi connectivity index (χ2n) is 29.0. The van der Waals surface area contributed by atoms with Crippen LogP contribution in [0.15, 0.2) is 121 Å². The highest BCUT2D eigenvalue weighted by Crippen LogP contribution is 2.55. The van der Waals surface area contributed by atoms with Gasteiger partial charge in [-0.2, -0.15) is 0 Å². The maximum atomic E-state index is 15.9. The van der Waals surface area contributed by atoms with Crippen molar-refractivity contribution in [2.75, 3.05) is 9.80 Å². The smallest absolute Gasteiger partial charge is 0.266 e. The Labute approximate surface area is 496 Å². The third-order valence-corrected chi connectivity index (χ3v) is 17.6. The molecule has 0 aliphatic carbocycles. The number of ether oxygens (including phenoxy) is 2. The van der Waals surface area contributed by atoms with E-state index in [1.54, 1.807) is 0 Å². The number of amides is 4. The van der Waals surface area contributed by atoms with Gasteiger partial charge in [0.05, 0.1) is 22.5 Å². The number of imide groups is 2. The van der Waals surface area contributed by atoms with Gasteiger partial charge >= 0.3 is 0 Å². The molecular weight excluding hydrogens is 1040 g/mol. The first-order chi connectivity index (χ1) is 39.4. The summed E-state index contributed by atoms with van der Waals surface area (Å²) in [6.45, 7) is 39.3. The topological polar surface area (TPSA) is 93.2 Å². The van der Waals surface area contributed by atoms with Gasteiger partial charge in [0.1, 0.15) is 23.0 Å². The van der Waals surface area contributed by atoms with Crippen LogP contribution in [0.1, 0.15) is 236 Å². The summed E-state index contributed by atoms with van der Waals surface area (Å²) in [6, 6.07) is 39.7. The molecule has 0 fully saturated rings. The van der Waals surface area contributed by atoms with Crippen LogP contribution in [0.5, 0.6) is 23.0 Å². The van der Waals surface area contributed by atoms with Crippen LogP contribution in [0.3, 0.4) is 0 Å².